The van der Waals surface area contributed by atoms with Crippen LogP contribution in [0.1, 0.15) is 19.8 Å². The highest BCUT2D eigenvalue weighted by molar-refractivity contribution is 5.77. The van der Waals surface area contributed by atoms with Gasteiger partial charge >= 0.3 is 0 Å². The maximum absolute atomic E-state index is 12.6. The summed E-state index contributed by atoms with van der Waals surface area (Å²) in [5.74, 6) is -0.623. The molecule has 0 saturated carbocycles. The van der Waals surface area contributed by atoms with Crippen LogP contribution in [0.5, 0.6) is 0 Å². The van der Waals surface area contributed by atoms with Gasteiger partial charge in [-0.2, -0.15) is 0 Å². The topological polar surface area (TPSA) is 37.3 Å². The summed E-state index contributed by atoms with van der Waals surface area (Å²) in [4.78, 5) is 10.7. The highest BCUT2D eigenvalue weighted by Crippen LogP contribution is 2.25. The molecule has 3 heteroatoms. The van der Waals surface area contributed by atoms with Gasteiger partial charge in [-0.25, -0.2) is 4.39 Å². The standard InChI is InChI=1S/C9H11FO2/c1-7(11)5-9(12)4-2-3-8(10)6-9/h2-3,6,12H,4-5H2,1H3/t9-/m1/s1. The lowest BCUT2D eigenvalue weighted by molar-refractivity contribution is -0.120. The third-order valence-electron chi connectivity index (χ3n) is 1.71. The molecule has 1 rings (SSSR count). The smallest absolute Gasteiger partial charge is 0.133 e. The molecule has 1 aliphatic rings. The van der Waals surface area contributed by atoms with E-state index < -0.39 is 11.4 Å². The third kappa shape index (κ3) is 2.27. The molecule has 0 saturated heterocycles. The SMILES string of the molecule is CC(=O)C[C@@]1(O)C=C(F)C=CC1. The predicted octanol–water partition coefficient (Wildman–Crippen LogP) is 1.51. The fourth-order valence-corrected chi connectivity index (χ4v) is 1.29. The van der Waals surface area contributed by atoms with Crippen LogP contribution in [0.3, 0.4) is 0 Å². The second-order valence-corrected chi connectivity index (χ2v) is 3.12. The zero-order valence-corrected chi connectivity index (χ0v) is 6.88. The van der Waals surface area contributed by atoms with Crippen molar-refractivity contribution in [2.24, 2.45) is 0 Å². The van der Waals surface area contributed by atoms with Crippen molar-refractivity contribution in [3.8, 4) is 0 Å². The molecule has 0 heterocycles. The Morgan fingerprint density at radius 2 is 2.50 bits per heavy atom. The number of hydrogen-bond donors (Lipinski definition) is 1. The number of halogens is 1. The van der Waals surface area contributed by atoms with Crippen LogP contribution in [0.4, 0.5) is 4.39 Å². The van der Waals surface area contributed by atoms with Crippen LogP contribution in [-0.4, -0.2) is 16.5 Å². The van der Waals surface area contributed by atoms with Crippen LogP contribution in [-0.2, 0) is 4.79 Å². The van der Waals surface area contributed by atoms with Gasteiger partial charge in [-0.1, -0.05) is 6.08 Å². The van der Waals surface area contributed by atoms with E-state index in [9.17, 15) is 14.3 Å². The fourth-order valence-electron chi connectivity index (χ4n) is 1.29. The molecule has 66 valence electrons. The Bertz CT molecular complexity index is 255. The molecular weight excluding hydrogens is 159 g/mol. The van der Waals surface area contributed by atoms with Crippen LogP contribution in [0.15, 0.2) is 24.1 Å². The van der Waals surface area contributed by atoms with Crippen LogP contribution < -0.4 is 0 Å². The van der Waals surface area contributed by atoms with Gasteiger partial charge in [-0.05, 0) is 25.5 Å². The minimum atomic E-state index is -1.30. The molecule has 0 radical (unpaired) electrons. The Morgan fingerprint density at radius 1 is 1.83 bits per heavy atom. The lowest BCUT2D eigenvalue weighted by atomic mass is 9.90. The van der Waals surface area contributed by atoms with Gasteiger partial charge in [0.2, 0.25) is 0 Å². The van der Waals surface area contributed by atoms with Crippen molar-refractivity contribution in [3.05, 3.63) is 24.1 Å². The molecule has 1 atom stereocenters. The highest BCUT2D eigenvalue weighted by atomic mass is 19.1. The number of carbonyl (C=O) groups excluding carboxylic acids is 1. The van der Waals surface area contributed by atoms with Gasteiger partial charge in [0.25, 0.3) is 0 Å². The molecular formula is C9H11FO2. The Balaban J connectivity index is 2.73. The van der Waals surface area contributed by atoms with Gasteiger partial charge in [0, 0.05) is 6.42 Å². The number of ketones is 1. The van der Waals surface area contributed by atoms with Gasteiger partial charge in [-0.15, -0.1) is 0 Å². The number of carbonyl (C=O) groups is 1. The van der Waals surface area contributed by atoms with E-state index in [0.717, 1.165) is 6.08 Å². The molecule has 0 spiro atoms. The largest absolute Gasteiger partial charge is 0.385 e. The molecule has 0 aromatic rings. The molecule has 0 aromatic carbocycles. The number of aliphatic hydroxyl groups is 1. The van der Waals surface area contributed by atoms with Crippen LogP contribution in [0, 0.1) is 0 Å². The molecule has 1 aliphatic carbocycles. The van der Waals surface area contributed by atoms with E-state index in [-0.39, 0.29) is 12.2 Å². The first-order chi connectivity index (χ1) is 5.52. The Kier molecular flexibility index (Phi) is 2.43. The maximum atomic E-state index is 12.6. The highest BCUT2D eigenvalue weighted by Gasteiger charge is 2.27. The Labute approximate surface area is 70.4 Å². The fraction of sp³-hybridized carbons (Fsp3) is 0.444. The van der Waals surface area contributed by atoms with Gasteiger partial charge in [-0.3, -0.25) is 4.79 Å². The molecule has 0 aromatic heterocycles. The van der Waals surface area contributed by atoms with Crippen molar-refractivity contribution in [2.45, 2.75) is 25.4 Å². The number of hydrogen-bond acceptors (Lipinski definition) is 2. The number of rotatable bonds is 2. The minimum Gasteiger partial charge on any atom is -0.385 e. The summed E-state index contributed by atoms with van der Waals surface area (Å²) >= 11 is 0. The molecule has 0 unspecified atom stereocenters. The van der Waals surface area contributed by atoms with Gasteiger partial charge in [0.1, 0.15) is 11.6 Å². The van der Waals surface area contributed by atoms with E-state index in [1.54, 1.807) is 0 Å². The monoisotopic (exact) mass is 170 g/mol. The van der Waals surface area contributed by atoms with E-state index in [0.29, 0.717) is 6.42 Å². The van der Waals surface area contributed by atoms with E-state index >= 15 is 0 Å². The van der Waals surface area contributed by atoms with Crippen molar-refractivity contribution < 1.29 is 14.3 Å². The summed E-state index contributed by atoms with van der Waals surface area (Å²) in [7, 11) is 0. The van der Waals surface area contributed by atoms with Crippen molar-refractivity contribution in [2.75, 3.05) is 0 Å². The maximum Gasteiger partial charge on any atom is 0.133 e. The zero-order valence-electron chi connectivity index (χ0n) is 6.88. The Hall–Kier alpha value is -0.960. The quantitative estimate of drug-likeness (QED) is 0.682. The number of Topliss-reactive ketones (excluding diaryl/α,β-unsaturated/α-hetero) is 1. The summed E-state index contributed by atoms with van der Waals surface area (Å²) in [6, 6.07) is 0. The van der Waals surface area contributed by atoms with Crippen LogP contribution >= 0.6 is 0 Å². The third-order valence-corrected chi connectivity index (χ3v) is 1.71. The van der Waals surface area contributed by atoms with Crippen LogP contribution in [0.2, 0.25) is 0 Å². The van der Waals surface area contributed by atoms with E-state index in [4.69, 9.17) is 0 Å². The van der Waals surface area contributed by atoms with Crippen molar-refractivity contribution in [1.82, 2.24) is 0 Å². The average molecular weight is 170 g/mol. The second kappa shape index (κ2) is 3.19. The molecule has 1 N–H and O–H groups in total. The summed E-state index contributed by atoms with van der Waals surface area (Å²) in [6.45, 7) is 1.38. The summed E-state index contributed by atoms with van der Waals surface area (Å²) in [6.07, 6.45) is 4.19. The van der Waals surface area contributed by atoms with E-state index in [1.165, 1.54) is 19.1 Å². The first kappa shape index (κ1) is 9.13. The molecule has 0 bridgehead atoms. The second-order valence-electron chi connectivity index (χ2n) is 3.12. The molecule has 0 fully saturated rings. The molecule has 12 heavy (non-hydrogen) atoms. The van der Waals surface area contributed by atoms with Gasteiger partial charge in [0.05, 0.1) is 5.60 Å². The zero-order chi connectivity index (χ0) is 9.19. The van der Waals surface area contributed by atoms with Gasteiger partial charge in [0.15, 0.2) is 0 Å². The summed E-state index contributed by atoms with van der Waals surface area (Å²) in [5.41, 5.74) is -1.30. The normalized spacial score (nSPS) is 28.4. The predicted molar refractivity (Wildman–Crippen MR) is 43.2 cm³/mol. The van der Waals surface area contributed by atoms with Crippen molar-refractivity contribution >= 4 is 5.78 Å². The lowest BCUT2D eigenvalue weighted by Crippen LogP contribution is -2.29. The lowest BCUT2D eigenvalue weighted by Gasteiger charge is -2.23. The minimum absolute atomic E-state index is 0.0231. The summed E-state index contributed by atoms with van der Waals surface area (Å²) in [5, 5.41) is 9.62. The number of allylic oxidation sites excluding steroid dienone is 2. The first-order valence-corrected chi connectivity index (χ1v) is 3.78. The van der Waals surface area contributed by atoms with Crippen molar-refractivity contribution in [3.63, 3.8) is 0 Å². The molecule has 0 aliphatic heterocycles. The van der Waals surface area contributed by atoms with Crippen LogP contribution in [0.25, 0.3) is 0 Å². The average Bonchev–Trinajstić information content (AvgIpc) is 1.82. The van der Waals surface area contributed by atoms with E-state index in [1.807, 2.05) is 0 Å². The van der Waals surface area contributed by atoms with Crippen molar-refractivity contribution in [1.29, 1.82) is 0 Å². The molecule has 2 nitrogen and oxygen atoms in total. The Morgan fingerprint density at radius 3 is 3.00 bits per heavy atom. The first-order valence-electron chi connectivity index (χ1n) is 3.78. The van der Waals surface area contributed by atoms with E-state index in [2.05, 4.69) is 0 Å². The van der Waals surface area contributed by atoms with Gasteiger partial charge < -0.3 is 5.11 Å². The summed E-state index contributed by atoms with van der Waals surface area (Å²) < 4.78 is 12.6. The molecule has 0 amide bonds.